The number of halogens is 2. The Labute approximate surface area is 118 Å². The number of carbonyl (C=O) groups excluding carboxylic acids is 1. The molecule has 0 fully saturated rings. The van der Waals surface area contributed by atoms with Crippen LogP contribution in [0.4, 0.5) is 4.39 Å². The van der Waals surface area contributed by atoms with E-state index in [1.807, 2.05) is 6.92 Å². The van der Waals surface area contributed by atoms with Crippen molar-refractivity contribution in [3.63, 3.8) is 0 Å². The molecule has 6 heteroatoms. The quantitative estimate of drug-likeness (QED) is 0.742. The normalized spacial score (nSPS) is 13.3. The van der Waals surface area contributed by atoms with Crippen molar-refractivity contribution in [3.05, 3.63) is 35.6 Å². The molecule has 0 saturated carbocycles. The van der Waals surface area contributed by atoms with E-state index < -0.39 is 6.10 Å². The number of likely N-dealkylation sites (N-methyl/N-ethyl adjacent to an activating group) is 1. The number of amides is 1. The van der Waals surface area contributed by atoms with Gasteiger partial charge in [-0.2, -0.15) is 0 Å². The summed E-state index contributed by atoms with van der Waals surface area (Å²) in [5.41, 5.74) is 0.645. The van der Waals surface area contributed by atoms with Gasteiger partial charge in [-0.1, -0.05) is 12.1 Å². The molecule has 0 bridgehead atoms. The molecule has 2 unspecified atom stereocenters. The Balaban J connectivity index is 0.00000324. The summed E-state index contributed by atoms with van der Waals surface area (Å²) in [6.07, 6.45) is -0.323. The van der Waals surface area contributed by atoms with Gasteiger partial charge in [-0.25, -0.2) is 4.39 Å². The van der Waals surface area contributed by atoms with E-state index in [0.29, 0.717) is 12.0 Å². The molecule has 108 valence electrons. The Bertz CT molecular complexity index is 387. The van der Waals surface area contributed by atoms with Crippen LogP contribution in [0.25, 0.3) is 0 Å². The summed E-state index contributed by atoms with van der Waals surface area (Å²) < 4.78 is 12.7. The summed E-state index contributed by atoms with van der Waals surface area (Å²) in [4.78, 5) is 11.3. The molecular weight excluding hydrogens is 271 g/mol. The van der Waals surface area contributed by atoms with Crippen LogP contribution in [0, 0.1) is 5.82 Å². The zero-order valence-corrected chi connectivity index (χ0v) is 11.8. The second kappa shape index (κ2) is 8.85. The summed E-state index contributed by atoms with van der Waals surface area (Å²) in [6.45, 7) is 2.07. The van der Waals surface area contributed by atoms with Gasteiger partial charge in [0.15, 0.2) is 0 Å². The lowest BCUT2D eigenvalue weighted by atomic mass is 10.0. The van der Waals surface area contributed by atoms with Crippen LogP contribution >= 0.6 is 12.4 Å². The van der Waals surface area contributed by atoms with E-state index in [4.69, 9.17) is 0 Å². The summed E-state index contributed by atoms with van der Waals surface area (Å²) in [6, 6.07) is 5.56. The molecule has 4 nitrogen and oxygen atoms in total. The van der Waals surface area contributed by atoms with Crippen LogP contribution in [0.2, 0.25) is 0 Å². The molecule has 3 N–H and O–H groups in total. The first-order valence-corrected chi connectivity index (χ1v) is 5.90. The molecule has 1 aromatic carbocycles. The van der Waals surface area contributed by atoms with Gasteiger partial charge in [0.25, 0.3) is 0 Å². The third kappa shape index (κ3) is 6.52. The molecule has 0 aromatic heterocycles. The third-order valence-corrected chi connectivity index (χ3v) is 2.58. The minimum Gasteiger partial charge on any atom is -0.388 e. The summed E-state index contributed by atoms with van der Waals surface area (Å²) in [5, 5.41) is 15.4. The van der Waals surface area contributed by atoms with Gasteiger partial charge in [0.05, 0.1) is 12.6 Å². The van der Waals surface area contributed by atoms with Crippen LogP contribution in [0.3, 0.4) is 0 Å². The van der Waals surface area contributed by atoms with E-state index in [9.17, 15) is 14.3 Å². The molecule has 1 rings (SSSR count). The van der Waals surface area contributed by atoms with E-state index in [1.165, 1.54) is 12.1 Å². The fraction of sp³-hybridized carbons (Fsp3) is 0.462. The average molecular weight is 291 g/mol. The summed E-state index contributed by atoms with van der Waals surface area (Å²) in [5.74, 6) is -0.447. The van der Waals surface area contributed by atoms with Crippen molar-refractivity contribution >= 4 is 18.3 Å². The number of rotatable bonds is 6. The molecule has 0 heterocycles. The first-order valence-electron chi connectivity index (χ1n) is 5.90. The number of hydrogen-bond donors (Lipinski definition) is 3. The second-order valence-corrected chi connectivity index (χ2v) is 4.30. The standard InChI is InChI=1S/C13H19FN2O2.ClH/c1-9(16-13(18)8-15-2)7-12(17)10-3-5-11(14)6-4-10;/h3-6,9,12,15,17H,7-8H2,1-2H3,(H,16,18);1H. The van der Waals surface area contributed by atoms with Gasteiger partial charge in [0, 0.05) is 6.04 Å². The van der Waals surface area contributed by atoms with Gasteiger partial charge in [-0.05, 0) is 38.1 Å². The number of carbonyl (C=O) groups is 1. The van der Waals surface area contributed by atoms with Gasteiger partial charge in [-0.3, -0.25) is 4.79 Å². The highest BCUT2D eigenvalue weighted by atomic mass is 35.5. The van der Waals surface area contributed by atoms with E-state index in [0.717, 1.165) is 0 Å². The number of hydrogen-bond acceptors (Lipinski definition) is 3. The maximum absolute atomic E-state index is 12.7. The smallest absolute Gasteiger partial charge is 0.234 e. The minimum absolute atomic E-state index is 0. The van der Waals surface area contributed by atoms with E-state index in [2.05, 4.69) is 10.6 Å². The molecule has 0 spiro atoms. The van der Waals surface area contributed by atoms with E-state index >= 15 is 0 Å². The summed E-state index contributed by atoms with van der Waals surface area (Å²) in [7, 11) is 1.69. The first-order chi connectivity index (χ1) is 8.52. The molecule has 0 radical (unpaired) electrons. The van der Waals surface area contributed by atoms with Gasteiger partial charge in [0.2, 0.25) is 5.91 Å². The monoisotopic (exact) mass is 290 g/mol. The highest BCUT2D eigenvalue weighted by Crippen LogP contribution is 2.18. The summed E-state index contributed by atoms with van der Waals surface area (Å²) >= 11 is 0. The van der Waals surface area contributed by atoms with Crippen molar-refractivity contribution in [1.82, 2.24) is 10.6 Å². The zero-order valence-electron chi connectivity index (χ0n) is 11.0. The zero-order chi connectivity index (χ0) is 13.5. The largest absolute Gasteiger partial charge is 0.388 e. The van der Waals surface area contributed by atoms with Crippen molar-refractivity contribution in [3.8, 4) is 0 Å². The Kier molecular flexibility index (Phi) is 8.30. The Morgan fingerprint density at radius 1 is 1.37 bits per heavy atom. The molecule has 0 aliphatic heterocycles. The third-order valence-electron chi connectivity index (χ3n) is 2.58. The van der Waals surface area contributed by atoms with Crippen LogP contribution in [0.5, 0.6) is 0 Å². The second-order valence-electron chi connectivity index (χ2n) is 4.30. The van der Waals surface area contributed by atoms with Crippen molar-refractivity contribution in [2.75, 3.05) is 13.6 Å². The van der Waals surface area contributed by atoms with Gasteiger partial charge in [0.1, 0.15) is 5.82 Å². The maximum Gasteiger partial charge on any atom is 0.234 e. The van der Waals surface area contributed by atoms with Crippen molar-refractivity contribution in [1.29, 1.82) is 0 Å². The molecule has 1 amide bonds. The van der Waals surface area contributed by atoms with Crippen LogP contribution in [-0.4, -0.2) is 30.6 Å². The molecule has 0 aliphatic rings. The Hall–Kier alpha value is -1.17. The van der Waals surface area contributed by atoms with Crippen molar-refractivity contribution in [2.45, 2.75) is 25.5 Å². The van der Waals surface area contributed by atoms with Crippen LogP contribution in [0.15, 0.2) is 24.3 Å². The molecule has 2 atom stereocenters. The average Bonchev–Trinajstić information content (AvgIpc) is 2.29. The Morgan fingerprint density at radius 3 is 2.47 bits per heavy atom. The fourth-order valence-corrected chi connectivity index (χ4v) is 1.70. The molecule has 19 heavy (non-hydrogen) atoms. The van der Waals surface area contributed by atoms with Gasteiger partial charge >= 0.3 is 0 Å². The predicted octanol–water partition coefficient (Wildman–Crippen LogP) is 1.40. The van der Waals surface area contributed by atoms with Crippen molar-refractivity contribution in [2.24, 2.45) is 0 Å². The highest BCUT2D eigenvalue weighted by molar-refractivity contribution is 5.85. The topological polar surface area (TPSA) is 61.4 Å². The number of aliphatic hydroxyl groups excluding tert-OH is 1. The van der Waals surface area contributed by atoms with Crippen LogP contribution in [0.1, 0.15) is 25.0 Å². The molecule has 1 aromatic rings. The maximum atomic E-state index is 12.7. The Morgan fingerprint density at radius 2 is 1.95 bits per heavy atom. The van der Waals surface area contributed by atoms with Crippen molar-refractivity contribution < 1.29 is 14.3 Å². The molecular formula is C13H20ClFN2O2. The van der Waals surface area contributed by atoms with E-state index in [1.54, 1.807) is 19.2 Å². The lowest BCUT2D eigenvalue weighted by Crippen LogP contribution is -2.38. The SMILES string of the molecule is CNCC(=O)NC(C)CC(O)c1ccc(F)cc1.Cl. The van der Waals surface area contributed by atoms with Gasteiger partial charge in [-0.15, -0.1) is 12.4 Å². The molecule has 0 saturated heterocycles. The van der Waals surface area contributed by atoms with Crippen LogP contribution in [-0.2, 0) is 4.79 Å². The van der Waals surface area contributed by atoms with Crippen LogP contribution < -0.4 is 10.6 Å². The number of nitrogens with one attached hydrogen (secondary N) is 2. The highest BCUT2D eigenvalue weighted by Gasteiger charge is 2.14. The number of aliphatic hydroxyl groups is 1. The minimum atomic E-state index is -0.713. The number of benzene rings is 1. The first kappa shape index (κ1) is 17.8. The fourth-order valence-electron chi connectivity index (χ4n) is 1.70. The van der Waals surface area contributed by atoms with Gasteiger partial charge < -0.3 is 15.7 Å². The molecule has 0 aliphatic carbocycles. The lowest BCUT2D eigenvalue weighted by molar-refractivity contribution is -0.120. The predicted molar refractivity (Wildman–Crippen MR) is 74.8 cm³/mol. The lowest BCUT2D eigenvalue weighted by Gasteiger charge is -2.18. The van der Waals surface area contributed by atoms with E-state index in [-0.39, 0.29) is 36.7 Å².